The van der Waals surface area contributed by atoms with Crippen molar-refractivity contribution in [3.05, 3.63) is 29.8 Å². The molecular weight excluding hydrogens is 228 g/mol. The predicted molar refractivity (Wildman–Crippen MR) is 70.4 cm³/mol. The lowest BCUT2D eigenvalue weighted by atomic mass is 10.1. The molecule has 0 fully saturated rings. The number of nitrogens with zero attached hydrogens (tertiary/aromatic N) is 1. The second kappa shape index (κ2) is 5.21. The van der Waals surface area contributed by atoms with Crippen LogP contribution in [0.2, 0.25) is 0 Å². The number of rotatable bonds is 2. The highest BCUT2D eigenvalue weighted by Crippen LogP contribution is 2.31. The van der Waals surface area contributed by atoms with E-state index in [1.54, 1.807) is 4.90 Å². The largest absolute Gasteiger partial charge is 0.348 e. The van der Waals surface area contributed by atoms with Crippen molar-refractivity contribution in [1.82, 2.24) is 5.32 Å². The van der Waals surface area contributed by atoms with Crippen LogP contribution in [0.4, 0.5) is 5.69 Å². The van der Waals surface area contributed by atoms with Gasteiger partial charge in [0.2, 0.25) is 0 Å². The minimum Gasteiger partial charge on any atom is -0.348 e. The van der Waals surface area contributed by atoms with Crippen molar-refractivity contribution < 1.29 is 9.59 Å². The first kappa shape index (κ1) is 12.6. The second-order valence-electron chi connectivity index (χ2n) is 4.61. The molecule has 18 heavy (non-hydrogen) atoms. The number of carbonyl (C=O) groups is 2. The van der Waals surface area contributed by atoms with Gasteiger partial charge >= 0.3 is 11.8 Å². The summed E-state index contributed by atoms with van der Waals surface area (Å²) in [5.74, 6) is -0.971. The van der Waals surface area contributed by atoms with Gasteiger partial charge in [0.15, 0.2) is 0 Å². The van der Waals surface area contributed by atoms with E-state index in [4.69, 9.17) is 0 Å². The molecule has 0 aliphatic carbocycles. The van der Waals surface area contributed by atoms with Crippen LogP contribution in [0.15, 0.2) is 24.3 Å². The Morgan fingerprint density at radius 2 is 2.11 bits per heavy atom. The number of hydrogen-bond acceptors (Lipinski definition) is 2. The van der Waals surface area contributed by atoms with Crippen molar-refractivity contribution in [1.29, 1.82) is 0 Å². The first-order chi connectivity index (χ1) is 8.65. The molecule has 0 aromatic heterocycles. The van der Waals surface area contributed by atoms with Crippen molar-refractivity contribution in [2.24, 2.45) is 0 Å². The third-order valence-corrected chi connectivity index (χ3v) is 3.16. The lowest BCUT2D eigenvalue weighted by Gasteiger charge is -2.21. The standard InChI is InChI=1S/C14H18N2O2/c1-3-8-15-13(17)14(18)16-10(2)9-11-6-4-5-7-12(11)16/h4-7,10H,3,8-9H2,1-2H3,(H,15,17). The van der Waals surface area contributed by atoms with Gasteiger partial charge in [-0.05, 0) is 31.4 Å². The Balaban J connectivity index is 2.18. The van der Waals surface area contributed by atoms with Gasteiger partial charge in [-0.3, -0.25) is 9.59 Å². The van der Waals surface area contributed by atoms with E-state index >= 15 is 0 Å². The van der Waals surface area contributed by atoms with Crippen LogP contribution in [0.3, 0.4) is 0 Å². The zero-order chi connectivity index (χ0) is 13.1. The summed E-state index contributed by atoms with van der Waals surface area (Å²) in [6.07, 6.45) is 1.63. The Morgan fingerprint density at radius 3 is 2.83 bits per heavy atom. The zero-order valence-corrected chi connectivity index (χ0v) is 10.8. The monoisotopic (exact) mass is 246 g/mol. The highest BCUT2D eigenvalue weighted by molar-refractivity contribution is 6.40. The Labute approximate surface area is 107 Å². The number of fused-ring (bicyclic) bond motifs is 1. The van der Waals surface area contributed by atoms with Crippen LogP contribution in [0.1, 0.15) is 25.8 Å². The third-order valence-electron chi connectivity index (χ3n) is 3.16. The molecule has 0 spiro atoms. The Kier molecular flexibility index (Phi) is 3.65. The summed E-state index contributed by atoms with van der Waals surface area (Å²) in [5.41, 5.74) is 1.99. The minimum absolute atomic E-state index is 0.0438. The second-order valence-corrected chi connectivity index (χ2v) is 4.61. The van der Waals surface area contributed by atoms with E-state index in [1.807, 2.05) is 38.1 Å². The van der Waals surface area contributed by atoms with Gasteiger partial charge in [-0.25, -0.2) is 0 Å². The van der Waals surface area contributed by atoms with E-state index in [0.29, 0.717) is 6.54 Å². The summed E-state index contributed by atoms with van der Waals surface area (Å²) in [5, 5.41) is 2.63. The van der Waals surface area contributed by atoms with Crippen molar-refractivity contribution >= 4 is 17.5 Å². The van der Waals surface area contributed by atoms with Gasteiger partial charge in [0.1, 0.15) is 0 Å². The molecule has 1 aromatic rings. The minimum atomic E-state index is -0.514. The number of benzene rings is 1. The molecule has 2 amide bonds. The molecule has 0 saturated carbocycles. The topological polar surface area (TPSA) is 49.4 Å². The maximum atomic E-state index is 12.1. The normalized spacial score (nSPS) is 17.4. The highest BCUT2D eigenvalue weighted by atomic mass is 16.2. The first-order valence-corrected chi connectivity index (χ1v) is 6.34. The van der Waals surface area contributed by atoms with Crippen molar-refractivity contribution in [2.75, 3.05) is 11.4 Å². The summed E-state index contributed by atoms with van der Waals surface area (Å²) in [6, 6.07) is 7.78. The first-order valence-electron chi connectivity index (χ1n) is 6.34. The molecule has 1 atom stereocenters. The summed E-state index contributed by atoms with van der Waals surface area (Å²) in [7, 11) is 0. The van der Waals surface area contributed by atoms with Gasteiger partial charge in [0.25, 0.3) is 0 Å². The molecule has 1 N–H and O–H groups in total. The van der Waals surface area contributed by atoms with E-state index in [2.05, 4.69) is 5.32 Å². The quantitative estimate of drug-likeness (QED) is 0.804. The van der Waals surface area contributed by atoms with Crippen molar-refractivity contribution in [3.63, 3.8) is 0 Å². The van der Waals surface area contributed by atoms with Gasteiger partial charge < -0.3 is 10.2 Å². The summed E-state index contributed by atoms with van der Waals surface area (Å²) in [6.45, 7) is 4.46. The van der Waals surface area contributed by atoms with E-state index < -0.39 is 11.8 Å². The number of hydrogen-bond donors (Lipinski definition) is 1. The van der Waals surface area contributed by atoms with E-state index in [0.717, 1.165) is 24.1 Å². The van der Waals surface area contributed by atoms with E-state index in [9.17, 15) is 9.59 Å². The van der Waals surface area contributed by atoms with Gasteiger partial charge in [0, 0.05) is 18.3 Å². The van der Waals surface area contributed by atoms with E-state index in [-0.39, 0.29) is 6.04 Å². The molecule has 2 rings (SSSR count). The van der Waals surface area contributed by atoms with Crippen LogP contribution in [-0.2, 0) is 16.0 Å². The highest BCUT2D eigenvalue weighted by Gasteiger charge is 2.33. The van der Waals surface area contributed by atoms with Crippen LogP contribution in [0.5, 0.6) is 0 Å². The van der Waals surface area contributed by atoms with Crippen molar-refractivity contribution in [2.45, 2.75) is 32.7 Å². The fraction of sp³-hybridized carbons (Fsp3) is 0.429. The van der Waals surface area contributed by atoms with Gasteiger partial charge in [0.05, 0.1) is 0 Å². The van der Waals surface area contributed by atoms with Gasteiger partial charge in [-0.15, -0.1) is 0 Å². The average molecular weight is 246 g/mol. The summed E-state index contributed by atoms with van der Waals surface area (Å²) < 4.78 is 0. The molecule has 4 nitrogen and oxygen atoms in total. The summed E-state index contributed by atoms with van der Waals surface area (Å²) in [4.78, 5) is 25.5. The smallest absolute Gasteiger partial charge is 0.316 e. The molecule has 1 aromatic carbocycles. The lowest BCUT2D eigenvalue weighted by molar-refractivity contribution is -0.137. The number of carbonyl (C=O) groups excluding carboxylic acids is 2. The Morgan fingerprint density at radius 1 is 1.39 bits per heavy atom. The fourth-order valence-electron chi connectivity index (χ4n) is 2.30. The Hall–Kier alpha value is -1.84. The molecule has 96 valence electrons. The lowest BCUT2D eigenvalue weighted by Crippen LogP contribution is -2.45. The van der Waals surface area contributed by atoms with Crippen LogP contribution >= 0.6 is 0 Å². The number of anilines is 1. The molecule has 1 aliphatic heterocycles. The molecule has 0 radical (unpaired) electrons. The zero-order valence-electron chi connectivity index (χ0n) is 10.8. The molecule has 0 saturated heterocycles. The summed E-state index contributed by atoms with van der Waals surface area (Å²) >= 11 is 0. The van der Waals surface area contributed by atoms with Crippen LogP contribution in [0, 0.1) is 0 Å². The molecule has 1 unspecified atom stereocenters. The Bertz CT molecular complexity index is 471. The van der Waals surface area contributed by atoms with Crippen LogP contribution in [-0.4, -0.2) is 24.4 Å². The number of para-hydroxylation sites is 1. The van der Waals surface area contributed by atoms with Gasteiger partial charge in [-0.1, -0.05) is 25.1 Å². The van der Waals surface area contributed by atoms with Gasteiger partial charge in [-0.2, -0.15) is 0 Å². The molecule has 4 heteroatoms. The fourth-order valence-corrected chi connectivity index (χ4v) is 2.30. The molecule has 1 aliphatic rings. The van der Waals surface area contributed by atoms with E-state index in [1.165, 1.54) is 0 Å². The maximum absolute atomic E-state index is 12.1. The number of nitrogens with one attached hydrogen (secondary N) is 1. The number of amides is 2. The molecular formula is C14H18N2O2. The predicted octanol–water partition coefficient (Wildman–Crippen LogP) is 1.49. The molecule has 0 bridgehead atoms. The van der Waals surface area contributed by atoms with Crippen LogP contribution in [0.25, 0.3) is 0 Å². The molecule has 1 heterocycles. The third kappa shape index (κ3) is 2.23. The van der Waals surface area contributed by atoms with Crippen molar-refractivity contribution in [3.8, 4) is 0 Å². The SMILES string of the molecule is CCCNC(=O)C(=O)N1c2ccccc2CC1C. The average Bonchev–Trinajstić information content (AvgIpc) is 2.70. The maximum Gasteiger partial charge on any atom is 0.316 e. The van der Waals surface area contributed by atoms with Crippen LogP contribution < -0.4 is 10.2 Å².